The molecule has 0 bridgehead atoms. The van der Waals surface area contributed by atoms with E-state index in [0.29, 0.717) is 6.42 Å². The van der Waals surface area contributed by atoms with Gasteiger partial charge in [-0.3, -0.25) is 4.79 Å². The van der Waals surface area contributed by atoms with E-state index in [1.54, 1.807) is 0 Å². The van der Waals surface area contributed by atoms with Crippen LogP contribution in [0, 0.1) is 0 Å². The standard InChI is InChI=1S/C13H18BrNO3S/c1-10(9-11-5-3-4-6-12(11)14)15-13(16)7-8-19(2,17)18/h3-6,10H,7-9H2,1-2H3,(H,15,16)/t10-/m0/s1. The fourth-order valence-corrected chi connectivity index (χ4v) is 2.67. The summed E-state index contributed by atoms with van der Waals surface area (Å²) < 4.78 is 22.9. The lowest BCUT2D eigenvalue weighted by Crippen LogP contribution is -2.35. The maximum atomic E-state index is 11.6. The number of carbonyl (C=O) groups excluding carboxylic acids is 1. The molecule has 1 aromatic carbocycles. The average Bonchev–Trinajstić information content (AvgIpc) is 2.29. The molecule has 1 N–H and O–H groups in total. The first-order valence-electron chi connectivity index (χ1n) is 5.98. The summed E-state index contributed by atoms with van der Waals surface area (Å²) in [7, 11) is -3.09. The Kier molecular flexibility index (Phi) is 6.00. The summed E-state index contributed by atoms with van der Waals surface area (Å²) in [6.45, 7) is 1.90. The summed E-state index contributed by atoms with van der Waals surface area (Å²) in [5, 5.41) is 2.80. The van der Waals surface area contributed by atoms with Gasteiger partial charge in [-0.15, -0.1) is 0 Å². The molecule has 0 saturated carbocycles. The second kappa shape index (κ2) is 7.05. The molecule has 1 amide bonds. The van der Waals surface area contributed by atoms with Crippen molar-refractivity contribution in [3.8, 4) is 0 Å². The summed E-state index contributed by atoms with van der Waals surface area (Å²) >= 11 is 3.46. The third kappa shape index (κ3) is 6.73. The van der Waals surface area contributed by atoms with Gasteiger partial charge in [-0.25, -0.2) is 8.42 Å². The van der Waals surface area contributed by atoms with E-state index in [0.717, 1.165) is 16.3 Å². The van der Waals surface area contributed by atoms with Crippen LogP contribution in [0.25, 0.3) is 0 Å². The van der Waals surface area contributed by atoms with Gasteiger partial charge in [-0.05, 0) is 25.0 Å². The van der Waals surface area contributed by atoms with Crippen LogP contribution < -0.4 is 5.32 Å². The molecule has 1 atom stereocenters. The number of sulfone groups is 1. The Balaban J connectivity index is 2.45. The number of rotatable bonds is 6. The topological polar surface area (TPSA) is 63.2 Å². The molecule has 0 saturated heterocycles. The Morgan fingerprint density at radius 2 is 2.00 bits per heavy atom. The lowest BCUT2D eigenvalue weighted by molar-refractivity contribution is -0.121. The molecule has 1 aromatic rings. The van der Waals surface area contributed by atoms with Gasteiger partial charge >= 0.3 is 0 Å². The van der Waals surface area contributed by atoms with Crippen LogP contribution in [0.3, 0.4) is 0 Å². The number of halogens is 1. The Bertz CT molecular complexity index is 543. The fraction of sp³-hybridized carbons (Fsp3) is 0.462. The van der Waals surface area contributed by atoms with Crippen molar-refractivity contribution in [2.24, 2.45) is 0 Å². The quantitative estimate of drug-likeness (QED) is 0.855. The van der Waals surface area contributed by atoms with Crippen LogP contribution >= 0.6 is 15.9 Å². The molecule has 0 unspecified atom stereocenters. The Hall–Kier alpha value is -0.880. The molecular formula is C13H18BrNO3S. The van der Waals surface area contributed by atoms with Gasteiger partial charge < -0.3 is 5.32 Å². The highest BCUT2D eigenvalue weighted by Crippen LogP contribution is 2.17. The van der Waals surface area contributed by atoms with E-state index in [1.807, 2.05) is 31.2 Å². The van der Waals surface area contributed by atoms with Gasteiger partial charge in [-0.2, -0.15) is 0 Å². The van der Waals surface area contributed by atoms with Crippen LogP contribution in [-0.4, -0.2) is 32.4 Å². The smallest absolute Gasteiger partial charge is 0.221 e. The minimum Gasteiger partial charge on any atom is -0.353 e. The number of nitrogens with one attached hydrogen (secondary N) is 1. The molecule has 6 heteroatoms. The second-order valence-corrected chi connectivity index (χ2v) is 7.76. The van der Waals surface area contributed by atoms with Crippen molar-refractivity contribution < 1.29 is 13.2 Å². The van der Waals surface area contributed by atoms with Crippen molar-refractivity contribution in [3.05, 3.63) is 34.3 Å². The van der Waals surface area contributed by atoms with Gasteiger partial charge in [0.05, 0.1) is 5.75 Å². The lowest BCUT2D eigenvalue weighted by atomic mass is 10.1. The third-order valence-corrected chi connectivity index (χ3v) is 4.31. The minimum atomic E-state index is -3.09. The van der Waals surface area contributed by atoms with Gasteiger partial charge in [0.2, 0.25) is 5.91 Å². The molecule has 0 radical (unpaired) electrons. The summed E-state index contributed by atoms with van der Waals surface area (Å²) in [4.78, 5) is 11.6. The van der Waals surface area contributed by atoms with E-state index in [-0.39, 0.29) is 24.1 Å². The molecule has 0 fully saturated rings. The summed E-state index contributed by atoms with van der Waals surface area (Å²) in [5.41, 5.74) is 1.11. The maximum Gasteiger partial charge on any atom is 0.221 e. The van der Waals surface area contributed by atoms with Gasteiger partial charge in [0, 0.05) is 23.2 Å². The van der Waals surface area contributed by atoms with Crippen molar-refractivity contribution in [1.82, 2.24) is 5.32 Å². The van der Waals surface area contributed by atoms with Gasteiger partial charge in [0.1, 0.15) is 9.84 Å². The number of hydrogen-bond donors (Lipinski definition) is 1. The first-order chi connectivity index (χ1) is 8.78. The first kappa shape index (κ1) is 16.2. The van der Waals surface area contributed by atoms with E-state index < -0.39 is 9.84 Å². The molecule has 0 aliphatic carbocycles. The van der Waals surface area contributed by atoms with Crippen molar-refractivity contribution in [3.63, 3.8) is 0 Å². The second-order valence-electron chi connectivity index (χ2n) is 4.64. The zero-order valence-electron chi connectivity index (χ0n) is 11.0. The van der Waals surface area contributed by atoms with Crippen LogP contribution in [0.1, 0.15) is 18.9 Å². The molecule has 0 heterocycles. The van der Waals surface area contributed by atoms with Gasteiger partial charge in [-0.1, -0.05) is 34.1 Å². The predicted octanol–water partition coefficient (Wildman–Crippen LogP) is 1.93. The van der Waals surface area contributed by atoms with Crippen LogP contribution in [0.15, 0.2) is 28.7 Å². The normalized spacial score (nSPS) is 13.0. The van der Waals surface area contributed by atoms with Crippen molar-refractivity contribution >= 4 is 31.7 Å². The zero-order valence-corrected chi connectivity index (χ0v) is 13.4. The Morgan fingerprint density at radius 1 is 1.37 bits per heavy atom. The molecule has 106 valence electrons. The van der Waals surface area contributed by atoms with E-state index in [1.165, 1.54) is 0 Å². The largest absolute Gasteiger partial charge is 0.353 e. The van der Waals surface area contributed by atoms with Crippen molar-refractivity contribution in [1.29, 1.82) is 0 Å². The van der Waals surface area contributed by atoms with E-state index in [2.05, 4.69) is 21.2 Å². The van der Waals surface area contributed by atoms with Crippen molar-refractivity contribution in [2.75, 3.05) is 12.0 Å². The van der Waals surface area contributed by atoms with Crippen LogP contribution in [0.5, 0.6) is 0 Å². The summed E-state index contributed by atoms with van der Waals surface area (Å²) in [6.07, 6.45) is 1.84. The third-order valence-electron chi connectivity index (χ3n) is 2.59. The van der Waals surface area contributed by atoms with Crippen LogP contribution in [-0.2, 0) is 21.1 Å². The van der Waals surface area contributed by atoms with E-state index in [9.17, 15) is 13.2 Å². The number of hydrogen-bond acceptors (Lipinski definition) is 3. The van der Waals surface area contributed by atoms with Crippen molar-refractivity contribution in [2.45, 2.75) is 25.8 Å². The lowest BCUT2D eigenvalue weighted by Gasteiger charge is -2.14. The minimum absolute atomic E-state index is 0.0130. The van der Waals surface area contributed by atoms with Gasteiger partial charge in [0.15, 0.2) is 0 Å². The molecule has 0 aliphatic heterocycles. The SMILES string of the molecule is C[C@@H](Cc1ccccc1Br)NC(=O)CCS(C)(=O)=O. The molecular weight excluding hydrogens is 330 g/mol. The number of carbonyl (C=O) groups is 1. The highest BCUT2D eigenvalue weighted by Gasteiger charge is 2.12. The highest BCUT2D eigenvalue weighted by atomic mass is 79.9. The molecule has 1 rings (SSSR count). The molecule has 4 nitrogen and oxygen atoms in total. The summed E-state index contributed by atoms with van der Waals surface area (Å²) in [6, 6.07) is 7.78. The Labute approximate surface area is 122 Å². The molecule has 19 heavy (non-hydrogen) atoms. The first-order valence-corrected chi connectivity index (χ1v) is 8.84. The monoisotopic (exact) mass is 347 g/mol. The van der Waals surface area contributed by atoms with E-state index >= 15 is 0 Å². The Morgan fingerprint density at radius 3 is 2.58 bits per heavy atom. The molecule has 0 aliphatic rings. The van der Waals surface area contributed by atoms with E-state index in [4.69, 9.17) is 0 Å². The molecule has 0 aromatic heterocycles. The highest BCUT2D eigenvalue weighted by molar-refractivity contribution is 9.10. The summed E-state index contributed by atoms with van der Waals surface area (Å²) in [5.74, 6) is -0.342. The maximum absolute atomic E-state index is 11.6. The fourth-order valence-electron chi connectivity index (χ4n) is 1.67. The zero-order chi connectivity index (χ0) is 14.5. The predicted molar refractivity (Wildman–Crippen MR) is 79.8 cm³/mol. The van der Waals surface area contributed by atoms with Crippen LogP contribution in [0.2, 0.25) is 0 Å². The van der Waals surface area contributed by atoms with Crippen LogP contribution in [0.4, 0.5) is 0 Å². The number of benzene rings is 1. The molecule has 0 spiro atoms. The van der Waals surface area contributed by atoms with Gasteiger partial charge in [0.25, 0.3) is 0 Å². The average molecular weight is 348 g/mol. The number of amides is 1.